The van der Waals surface area contributed by atoms with Gasteiger partial charge in [-0.25, -0.2) is 0 Å². The molecule has 0 bridgehead atoms. The van der Waals surface area contributed by atoms with Gasteiger partial charge in [0.2, 0.25) is 5.91 Å². The van der Waals surface area contributed by atoms with Crippen molar-refractivity contribution in [3.05, 3.63) is 123 Å². The molecule has 4 heterocycles. The van der Waals surface area contributed by atoms with Crippen LogP contribution in [-0.2, 0) is 14.3 Å². The number of aliphatic imine (C=N–C) groups is 1. The number of aromatic nitrogens is 3. The Labute approximate surface area is 377 Å². The second-order valence-electron chi connectivity index (χ2n) is 17.0. The first-order chi connectivity index (χ1) is 30.9. The molecule has 2 aromatic heterocycles. The van der Waals surface area contributed by atoms with Crippen LogP contribution in [0.15, 0.2) is 77.8 Å². The van der Waals surface area contributed by atoms with Crippen molar-refractivity contribution < 1.29 is 29.0 Å². The van der Waals surface area contributed by atoms with Gasteiger partial charge in [0, 0.05) is 64.1 Å². The number of rotatable bonds is 13. The molecule has 3 amide bonds. The summed E-state index contributed by atoms with van der Waals surface area (Å²) in [6.07, 6.45) is 3.64. The number of hydrogen-bond donors (Lipinski definition) is 4. The van der Waals surface area contributed by atoms with Crippen LogP contribution in [0, 0.1) is 20.8 Å². The number of nitrogens with zero attached hydrogens (tertiary/aromatic N) is 5. The van der Waals surface area contributed by atoms with Crippen LogP contribution in [0.4, 0.5) is 11.4 Å². The summed E-state index contributed by atoms with van der Waals surface area (Å²) in [6, 6.07) is 22.1. The minimum absolute atomic E-state index is 0.0159. The molecule has 8 rings (SSSR count). The summed E-state index contributed by atoms with van der Waals surface area (Å²) in [6.45, 7) is 10.7. The molecule has 334 valence electrons. The van der Waals surface area contributed by atoms with Crippen LogP contribution in [0.1, 0.15) is 137 Å². The highest BCUT2D eigenvalue weighted by molar-refractivity contribution is 7.15. The Kier molecular flexibility index (Phi) is 13.4. The van der Waals surface area contributed by atoms with Gasteiger partial charge >= 0.3 is 5.97 Å². The SMILES string of the molecule is CCC(=O)N1c2ccccc2[C@H](Nc2ccc(C(=O)NCCCNC(=O)c3ccc(C4=N[C@@H](CC(=O)OC5CCC(O)CC5)c5nnc(C)n5-c5sc(C)c(C)c54)cc3)cc2)C[C@@H]1C. The fourth-order valence-corrected chi connectivity index (χ4v) is 10.2. The number of para-hydroxylation sites is 1. The molecule has 4 N–H and O–H groups in total. The molecule has 3 atom stereocenters. The minimum Gasteiger partial charge on any atom is -0.462 e. The number of anilines is 2. The molecule has 15 heteroatoms. The highest BCUT2D eigenvalue weighted by Crippen LogP contribution is 2.41. The summed E-state index contributed by atoms with van der Waals surface area (Å²) in [5, 5.41) is 29.3. The fourth-order valence-electron chi connectivity index (χ4n) is 8.97. The third-order valence-electron chi connectivity index (χ3n) is 12.5. The molecule has 3 aliphatic rings. The van der Waals surface area contributed by atoms with E-state index in [2.05, 4.69) is 53.0 Å². The number of benzene rings is 3. The molecule has 1 aliphatic carbocycles. The Bertz CT molecular complexity index is 2560. The van der Waals surface area contributed by atoms with Gasteiger partial charge in [-0.15, -0.1) is 21.5 Å². The maximum Gasteiger partial charge on any atom is 0.308 e. The number of hydrogen-bond acceptors (Lipinski definition) is 11. The second kappa shape index (κ2) is 19.3. The van der Waals surface area contributed by atoms with E-state index in [4.69, 9.17) is 9.73 Å². The summed E-state index contributed by atoms with van der Waals surface area (Å²) in [4.78, 5) is 60.6. The van der Waals surface area contributed by atoms with E-state index in [9.17, 15) is 24.3 Å². The summed E-state index contributed by atoms with van der Waals surface area (Å²) in [5.74, 6) is 0.578. The lowest BCUT2D eigenvalue weighted by Gasteiger charge is -2.40. The van der Waals surface area contributed by atoms with Gasteiger partial charge in [-0.05, 0) is 120 Å². The van der Waals surface area contributed by atoms with Crippen LogP contribution in [0.5, 0.6) is 0 Å². The van der Waals surface area contributed by atoms with Gasteiger partial charge in [0.15, 0.2) is 5.82 Å². The van der Waals surface area contributed by atoms with Crippen molar-refractivity contribution in [3.8, 4) is 5.00 Å². The Balaban J connectivity index is 0.860. The first kappa shape index (κ1) is 44.4. The smallest absolute Gasteiger partial charge is 0.308 e. The Hall–Kier alpha value is -6.19. The predicted octanol–water partition coefficient (Wildman–Crippen LogP) is 7.62. The van der Waals surface area contributed by atoms with Gasteiger partial charge in [0.05, 0.1) is 24.3 Å². The Morgan fingerprint density at radius 1 is 0.859 bits per heavy atom. The van der Waals surface area contributed by atoms with Crippen molar-refractivity contribution in [1.29, 1.82) is 0 Å². The van der Waals surface area contributed by atoms with Crippen LogP contribution >= 0.6 is 11.3 Å². The molecular weight excluding hydrogens is 829 g/mol. The zero-order valence-electron chi connectivity index (χ0n) is 37.0. The van der Waals surface area contributed by atoms with E-state index in [1.807, 2.05) is 65.8 Å². The van der Waals surface area contributed by atoms with E-state index >= 15 is 0 Å². The van der Waals surface area contributed by atoms with E-state index in [0.717, 1.165) is 49.9 Å². The molecular formula is C49H56N8O6S. The lowest BCUT2D eigenvalue weighted by Crippen LogP contribution is -2.44. The molecule has 2 aliphatic heterocycles. The second-order valence-corrected chi connectivity index (χ2v) is 18.2. The molecule has 1 fully saturated rings. The predicted molar refractivity (Wildman–Crippen MR) is 248 cm³/mol. The average molecular weight is 885 g/mol. The standard InChI is InChI=1S/C49H56N8O6S/c1-6-42(59)56-28(2)26-39(38-10-7-8-11-41(38)56)52-35-18-16-34(17-19-35)48(62)51-25-9-24-50-47(61)33-14-12-32(13-15-33)45-44-29(3)30(4)64-49(44)57-31(5)54-55-46(57)40(53-45)27-43(60)63-37-22-20-36(58)21-23-37/h7-8,10-19,28,36-37,39-40,52,58H,6,9,20-27H2,1-5H3,(H,50,61)(H,51,62)/t28-,36?,37?,39+,40-/m0/s1. The van der Waals surface area contributed by atoms with Crippen molar-refractivity contribution in [1.82, 2.24) is 25.4 Å². The number of aliphatic hydroxyl groups is 1. The number of aliphatic hydroxyl groups excluding tert-OH is 1. The lowest BCUT2D eigenvalue weighted by molar-refractivity contribution is -0.152. The van der Waals surface area contributed by atoms with Crippen LogP contribution in [0.2, 0.25) is 0 Å². The van der Waals surface area contributed by atoms with E-state index < -0.39 is 6.04 Å². The number of fused-ring (bicyclic) bond motifs is 4. The van der Waals surface area contributed by atoms with E-state index in [0.29, 0.717) is 80.1 Å². The molecule has 1 saturated carbocycles. The molecule has 0 radical (unpaired) electrons. The summed E-state index contributed by atoms with van der Waals surface area (Å²) < 4.78 is 7.86. The summed E-state index contributed by atoms with van der Waals surface area (Å²) in [7, 11) is 0. The number of amides is 3. The first-order valence-corrected chi connectivity index (χ1v) is 23.1. The number of aryl methyl sites for hydroxylation is 2. The van der Waals surface area contributed by atoms with Gasteiger partial charge in [-0.1, -0.05) is 37.3 Å². The molecule has 0 spiro atoms. The van der Waals surface area contributed by atoms with Gasteiger partial charge < -0.3 is 30.7 Å². The van der Waals surface area contributed by atoms with Crippen molar-refractivity contribution in [3.63, 3.8) is 0 Å². The van der Waals surface area contributed by atoms with Crippen LogP contribution in [0.3, 0.4) is 0 Å². The molecule has 5 aromatic rings. The third-order valence-corrected chi connectivity index (χ3v) is 13.7. The van der Waals surface area contributed by atoms with Gasteiger partial charge in [0.25, 0.3) is 11.8 Å². The average Bonchev–Trinajstić information content (AvgIpc) is 3.78. The molecule has 3 aromatic carbocycles. The number of carbonyl (C=O) groups is 4. The van der Waals surface area contributed by atoms with E-state index in [1.165, 1.54) is 0 Å². The quantitative estimate of drug-likeness (QED) is 0.0684. The third kappa shape index (κ3) is 9.36. The van der Waals surface area contributed by atoms with Crippen molar-refractivity contribution >= 4 is 52.1 Å². The van der Waals surface area contributed by atoms with E-state index in [-0.39, 0.29) is 54.4 Å². The van der Waals surface area contributed by atoms with Crippen molar-refractivity contribution in [2.24, 2.45) is 4.99 Å². The highest BCUT2D eigenvalue weighted by atomic mass is 32.1. The van der Waals surface area contributed by atoms with Crippen LogP contribution in [0.25, 0.3) is 5.00 Å². The maximum atomic E-state index is 13.4. The lowest BCUT2D eigenvalue weighted by atomic mass is 9.91. The monoisotopic (exact) mass is 884 g/mol. The zero-order chi connectivity index (χ0) is 45.1. The molecule has 64 heavy (non-hydrogen) atoms. The summed E-state index contributed by atoms with van der Waals surface area (Å²) in [5.41, 5.74) is 7.43. The number of esters is 1. The number of nitrogens with one attached hydrogen (secondary N) is 3. The summed E-state index contributed by atoms with van der Waals surface area (Å²) >= 11 is 1.63. The van der Waals surface area contributed by atoms with Gasteiger partial charge in [-0.2, -0.15) is 0 Å². The van der Waals surface area contributed by atoms with Crippen LogP contribution in [-0.4, -0.2) is 80.6 Å². The van der Waals surface area contributed by atoms with Gasteiger partial charge in [0.1, 0.15) is 23.0 Å². The number of thiophene rings is 1. The molecule has 0 unspecified atom stereocenters. The maximum absolute atomic E-state index is 13.4. The topological polar surface area (TPSA) is 180 Å². The Morgan fingerprint density at radius 3 is 2.19 bits per heavy atom. The zero-order valence-corrected chi connectivity index (χ0v) is 37.8. The number of carbonyl (C=O) groups excluding carboxylic acids is 4. The van der Waals surface area contributed by atoms with Crippen molar-refractivity contribution in [2.45, 2.75) is 116 Å². The van der Waals surface area contributed by atoms with Crippen molar-refractivity contribution in [2.75, 3.05) is 23.3 Å². The Morgan fingerprint density at radius 2 is 1.52 bits per heavy atom. The van der Waals surface area contributed by atoms with E-state index in [1.54, 1.807) is 35.6 Å². The van der Waals surface area contributed by atoms with Gasteiger partial charge in [-0.3, -0.25) is 28.7 Å². The highest BCUT2D eigenvalue weighted by Gasteiger charge is 2.35. The molecule has 14 nitrogen and oxygen atoms in total. The number of ether oxygens (including phenoxy) is 1. The van der Waals surface area contributed by atoms with Crippen LogP contribution < -0.4 is 20.9 Å². The molecule has 0 saturated heterocycles. The minimum atomic E-state index is -0.654. The largest absolute Gasteiger partial charge is 0.462 e. The normalized spacial score (nSPS) is 20.2. The fraction of sp³-hybridized carbons (Fsp3) is 0.408. The first-order valence-electron chi connectivity index (χ1n) is 22.3.